The summed E-state index contributed by atoms with van der Waals surface area (Å²) in [6, 6.07) is 12.0. The third-order valence-corrected chi connectivity index (χ3v) is 3.74. The Hall–Kier alpha value is -2.20. The van der Waals surface area contributed by atoms with E-state index in [9.17, 15) is 5.11 Å². The number of pyridine rings is 1. The minimum Gasteiger partial charge on any atom is -0.388 e. The maximum Gasteiger partial charge on any atom is 0.0845 e. The number of aliphatic hydroxyl groups excluding tert-OH is 1. The van der Waals surface area contributed by atoms with Crippen LogP contribution in [0.4, 0.5) is 0 Å². The van der Waals surface area contributed by atoms with E-state index in [4.69, 9.17) is 0 Å². The number of rotatable bonds is 3. The molecule has 0 fully saturated rings. The van der Waals surface area contributed by atoms with Crippen molar-refractivity contribution in [3.63, 3.8) is 0 Å². The van der Waals surface area contributed by atoms with Crippen LogP contribution >= 0.6 is 0 Å². The number of hydrogen-bond donors (Lipinski definition) is 1. The molecule has 3 aromatic rings. The van der Waals surface area contributed by atoms with E-state index in [1.807, 2.05) is 62.0 Å². The second-order valence-electron chi connectivity index (χ2n) is 5.53. The van der Waals surface area contributed by atoms with E-state index >= 15 is 0 Å². The third-order valence-electron chi connectivity index (χ3n) is 3.74. The number of nitrogens with zero attached hydrogens (tertiary/aromatic N) is 3. The molecule has 4 heteroatoms. The standard InChI is InChI=1S/C17H19N3O/c1-11-4-5-13-9-14(6-7-16(13)18-11)17(21)10-15-8-12(2)19-20(15)3/h4-9,17,21H,10H2,1-3H3. The molecule has 0 amide bonds. The van der Waals surface area contributed by atoms with Crippen LogP contribution in [0.2, 0.25) is 0 Å². The summed E-state index contributed by atoms with van der Waals surface area (Å²) < 4.78 is 1.82. The largest absolute Gasteiger partial charge is 0.388 e. The van der Waals surface area contributed by atoms with Crippen LogP contribution in [0, 0.1) is 13.8 Å². The van der Waals surface area contributed by atoms with Crippen LogP contribution in [0.1, 0.15) is 28.7 Å². The topological polar surface area (TPSA) is 50.9 Å². The summed E-state index contributed by atoms with van der Waals surface area (Å²) in [4.78, 5) is 4.48. The molecule has 3 rings (SSSR count). The van der Waals surface area contributed by atoms with Gasteiger partial charge in [0.15, 0.2) is 0 Å². The van der Waals surface area contributed by atoms with Gasteiger partial charge in [0.2, 0.25) is 0 Å². The Morgan fingerprint density at radius 3 is 2.62 bits per heavy atom. The highest BCUT2D eigenvalue weighted by Gasteiger charge is 2.12. The fourth-order valence-corrected chi connectivity index (χ4v) is 2.62. The van der Waals surface area contributed by atoms with Gasteiger partial charge in [-0.05, 0) is 43.7 Å². The number of aliphatic hydroxyl groups is 1. The number of aromatic nitrogens is 3. The molecule has 0 aliphatic heterocycles. The van der Waals surface area contributed by atoms with Gasteiger partial charge in [-0.3, -0.25) is 9.67 Å². The van der Waals surface area contributed by atoms with Gasteiger partial charge in [-0.15, -0.1) is 0 Å². The normalized spacial score (nSPS) is 12.8. The summed E-state index contributed by atoms with van der Waals surface area (Å²) >= 11 is 0. The molecule has 1 unspecified atom stereocenters. The van der Waals surface area contributed by atoms with Crippen LogP contribution in [-0.2, 0) is 13.5 Å². The Morgan fingerprint density at radius 2 is 1.90 bits per heavy atom. The lowest BCUT2D eigenvalue weighted by Crippen LogP contribution is -2.06. The van der Waals surface area contributed by atoms with Crippen molar-refractivity contribution in [2.45, 2.75) is 26.4 Å². The molecule has 1 atom stereocenters. The highest BCUT2D eigenvalue weighted by atomic mass is 16.3. The van der Waals surface area contributed by atoms with Crippen LogP contribution in [0.3, 0.4) is 0 Å². The maximum atomic E-state index is 10.5. The molecule has 21 heavy (non-hydrogen) atoms. The summed E-state index contributed by atoms with van der Waals surface area (Å²) in [6.07, 6.45) is 0.0211. The lowest BCUT2D eigenvalue weighted by atomic mass is 10.0. The highest BCUT2D eigenvalue weighted by molar-refractivity contribution is 5.79. The SMILES string of the molecule is Cc1ccc2cc(C(O)Cc3cc(C)nn3C)ccc2n1. The highest BCUT2D eigenvalue weighted by Crippen LogP contribution is 2.22. The van der Waals surface area contributed by atoms with Gasteiger partial charge in [-0.2, -0.15) is 5.10 Å². The Balaban J connectivity index is 1.89. The second-order valence-corrected chi connectivity index (χ2v) is 5.53. The van der Waals surface area contributed by atoms with E-state index in [1.54, 1.807) is 0 Å². The van der Waals surface area contributed by atoms with Crippen molar-refractivity contribution in [2.24, 2.45) is 7.05 Å². The first-order valence-corrected chi connectivity index (χ1v) is 7.08. The van der Waals surface area contributed by atoms with Gasteiger partial charge in [-0.1, -0.05) is 12.1 Å². The van der Waals surface area contributed by atoms with E-state index in [2.05, 4.69) is 10.1 Å². The minimum absolute atomic E-state index is 0.537. The van der Waals surface area contributed by atoms with Gasteiger partial charge >= 0.3 is 0 Å². The van der Waals surface area contributed by atoms with Crippen molar-refractivity contribution in [2.75, 3.05) is 0 Å². The van der Waals surface area contributed by atoms with Crippen LogP contribution in [0.15, 0.2) is 36.4 Å². The van der Waals surface area contributed by atoms with Gasteiger partial charge in [-0.25, -0.2) is 0 Å². The molecule has 1 N–H and O–H groups in total. The molecule has 0 aliphatic rings. The van der Waals surface area contributed by atoms with Gasteiger partial charge in [0.25, 0.3) is 0 Å². The molecule has 0 saturated carbocycles. The fraction of sp³-hybridized carbons (Fsp3) is 0.294. The number of fused-ring (bicyclic) bond motifs is 1. The van der Waals surface area contributed by atoms with Crippen LogP contribution in [-0.4, -0.2) is 19.9 Å². The number of hydrogen-bond acceptors (Lipinski definition) is 3. The Bertz CT molecular complexity index is 792. The van der Waals surface area contributed by atoms with Crippen LogP contribution < -0.4 is 0 Å². The van der Waals surface area contributed by atoms with Gasteiger partial charge in [0, 0.05) is 30.2 Å². The molecule has 0 bridgehead atoms. The predicted molar refractivity (Wildman–Crippen MR) is 83.1 cm³/mol. The fourth-order valence-electron chi connectivity index (χ4n) is 2.62. The van der Waals surface area contributed by atoms with Crippen molar-refractivity contribution < 1.29 is 5.11 Å². The van der Waals surface area contributed by atoms with Gasteiger partial charge in [0.05, 0.1) is 17.3 Å². The average Bonchev–Trinajstić information content (AvgIpc) is 2.76. The van der Waals surface area contributed by atoms with E-state index in [-0.39, 0.29) is 0 Å². The molecule has 0 saturated heterocycles. The zero-order valence-electron chi connectivity index (χ0n) is 12.5. The summed E-state index contributed by atoms with van der Waals surface area (Å²) in [5.41, 5.74) is 4.87. The number of aryl methyl sites for hydroxylation is 3. The first kappa shape index (κ1) is 13.8. The lowest BCUT2D eigenvalue weighted by Gasteiger charge is -2.12. The van der Waals surface area contributed by atoms with E-state index in [0.29, 0.717) is 6.42 Å². The zero-order valence-corrected chi connectivity index (χ0v) is 12.5. The van der Waals surface area contributed by atoms with Crippen LogP contribution in [0.25, 0.3) is 10.9 Å². The van der Waals surface area contributed by atoms with Crippen molar-refractivity contribution in [1.82, 2.24) is 14.8 Å². The molecule has 2 heterocycles. The summed E-state index contributed by atoms with van der Waals surface area (Å²) in [5.74, 6) is 0. The molecule has 108 valence electrons. The molecular weight excluding hydrogens is 262 g/mol. The molecular formula is C17H19N3O. The predicted octanol–water partition coefficient (Wildman–Crippen LogP) is 2.86. The third kappa shape index (κ3) is 2.81. The zero-order chi connectivity index (χ0) is 15.0. The molecule has 4 nitrogen and oxygen atoms in total. The lowest BCUT2D eigenvalue weighted by molar-refractivity contribution is 0.176. The Morgan fingerprint density at radius 1 is 1.10 bits per heavy atom. The molecule has 1 aromatic carbocycles. The van der Waals surface area contributed by atoms with Crippen molar-refractivity contribution >= 4 is 10.9 Å². The Kier molecular flexibility index (Phi) is 3.47. The molecule has 0 spiro atoms. The summed E-state index contributed by atoms with van der Waals surface area (Å²) in [7, 11) is 1.90. The summed E-state index contributed by atoms with van der Waals surface area (Å²) in [5, 5.41) is 15.8. The first-order valence-electron chi connectivity index (χ1n) is 7.08. The smallest absolute Gasteiger partial charge is 0.0845 e. The molecule has 0 radical (unpaired) electrons. The Labute approximate surface area is 124 Å². The summed E-state index contributed by atoms with van der Waals surface area (Å²) in [6.45, 7) is 3.94. The first-order chi connectivity index (χ1) is 10.0. The maximum absolute atomic E-state index is 10.5. The van der Waals surface area contributed by atoms with Crippen molar-refractivity contribution in [3.8, 4) is 0 Å². The van der Waals surface area contributed by atoms with E-state index < -0.39 is 6.10 Å². The monoisotopic (exact) mass is 281 g/mol. The van der Waals surface area contributed by atoms with Crippen molar-refractivity contribution in [3.05, 3.63) is 59.0 Å². The molecule has 2 aromatic heterocycles. The quantitative estimate of drug-likeness (QED) is 0.803. The second kappa shape index (κ2) is 5.30. The van der Waals surface area contributed by atoms with Crippen LogP contribution in [0.5, 0.6) is 0 Å². The van der Waals surface area contributed by atoms with Gasteiger partial charge in [0.1, 0.15) is 0 Å². The molecule has 0 aliphatic carbocycles. The average molecular weight is 281 g/mol. The van der Waals surface area contributed by atoms with Crippen molar-refractivity contribution in [1.29, 1.82) is 0 Å². The minimum atomic E-state index is -0.537. The van der Waals surface area contributed by atoms with Gasteiger partial charge < -0.3 is 5.11 Å². The number of benzene rings is 1. The van der Waals surface area contributed by atoms with E-state index in [1.165, 1.54) is 0 Å². The van der Waals surface area contributed by atoms with E-state index in [0.717, 1.165) is 33.5 Å².